The molecule has 1 amide bonds. The summed E-state index contributed by atoms with van der Waals surface area (Å²) < 4.78 is 61.7. The zero-order valence-electron chi connectivity index (χ0n) is 9.56. The Bertz CT molecular complexity index is 603. The van der Waals surface area contributed by atoms with Gasteiger partial charge in [-0.05, 0) is 12.1 Å². The van der Waals surface area contributed by atoms with E-state index in [2.05, 4.69) is 0 Å². The number of carboxylic acids is 1. The molecule has 4 nitrogen and oxygen atoms in total. The first kappa shape index (κ1) is 17.4. The van der Waals surface area contributed by atoms with Crippen LogP contribution < -0.4 is 5.32 Å². The average Bonchev–Trinajstić information content (AvgIpc) is 2.31. The number of hydrogen-bond donors (Lipinski definition) is 2. The van der Waals surface area contributed by atoms with Gasteiger partial charge in [0.2, 0.25) is 0 Å². The van der Waals surface area contributed by atoms with Gasteiger partial charge in [-0.3, -0.25) is 4.79 Å². The molecule has 0 heterocycles. The number of carbonyl (C=O) groups is 2. The molecule has 0 unspecified atom stereocenters. The third-order valence-corrected chi connectivity index (χ3v) is 2.83. The highest BCUT2D eigenvalue weighted by Gasteiger charge is 2.63. The van der Waals surface area contributed by atoms with Crippen molar-refractivity contribution in [2.24, 2.45) is 0 Å². The van der Waals surface area contributed by atoms with Crippen LogP contribution in [-0.2, 0) is 4.79 Å². The Kier molecular flexibility index (Phi) is 4.69. The number of carboxylic acid groups (broad SMARTS) is 1. The molecule has 0 aliphatic heterocycles. The second-order valence-electron chi connectivity index (χ2n) is 3.61. The molecule has 0 saturated heterocycles. The molecule has 0 radical (unpaired) electrons. The Hall–Kier alpha value is -1.61. The van der Waals surface area contributed by atoms with Crippen molar-refractivity contribution in [1.29, 1.82) is 0 Å². The summed E-state index contributed by atoms with van der Waals surface area (Å²) in [4.78, 5) is 22.0. The van der Waals surface area contributed by atoms with Crippen molar-refractivity contribution < 1.29 is 36.6 Å². The molecule has 0 aliphatic rings. The smallest absolute Gasteiger partial charge is 0.463 e. The number of aromatic carboxylic acids is 1. The van der Waals surface area contributed by atoms with Crippen molar-refractivity contribution in [2.75, 3.05) is 5.32 Å². The molecule has 116 valence electrons. The van der Waals surface area contributed by atoms with Crippen LogP contribution in [0.4, 0.5) is 27.6 Å². The van der Waals surface area contributed by atoms with Gasteiger partial charge < -0.3 is 10.4 Å². The van der Waals surface area contributed by atoms with E-state index < -0.39 is 45.3 Å². The number of benzene rings is 1. The second-order valence-corrected chi connectivity index (χ2v) is 4.43. The van der Waals surface area contributed by atoms with Gasteiger partial charge >= 0.3 is 24.0 Å². The molecule has 0 aromatic heterocycles. The highest BCUT2D eigenvalue weighted by Crippen LogP contribution is 2.38. The number of amides is 1. The normalized spacial score (nSPS) is 12.1. The van der Waals surface area contributed by atoms with E-state index in [0.717, 1.165) is 17.4 Å². The number of carbonyl (C=O) groups excluding carboxylic acids is 1. The molecule has 1 aromatic rings. The Labute approximate surface area is 123 Å². The molecule has 0 fully saturated rings. The van der Waals surface area contributed by atoms with Crippen molar-refractivity contribution in [3.05, 3.63) is 27.7 Å². The van der Waals surface area contributed by atoms with Crippen LogP contribution in [0.25, 0.3) is 0 Å². The molecule has 0 spiro atoms. The zero-order chi connectivity index (χ0) is 16.6. The fraction of sp³-hybridized carbons (Fsp3) is 0.200. The van der Waals surface area contributed by atoms with E-state index in [1.54, 1.807) is 0 Å². The maximum absolute atomic E-state index is 12.8. The van der Waals surface area contributed by atoms with Crippen molar-refractivity contribution in [1.82, 2.24) is 0 Å². The predicted octanol–water partition coefficient (Wildman–Crippen LogP) is 3.83. The van der Waals surface area contributed by atoms with Crippen molar-refractivity contribution in [3.63, 3.8) is 0 Å². The number of alkyl halides is 5. The summed E-state index contributed by atoms with van der Waals surface area (Å²) in [6.07, 6.45) is -6.15. The van der Waals surface area contributed by atoms with Gasteiger partial charge in [0, 0.05) is 0 Å². The number of halogens is 7. The molecule has 0 bridgehead atoms. The van der Waals surface area contributed by atoms with Gasteiger partial charge in [0.1, 0.15) is 5.56 Å². The van der Waals surface area contributed by atoms with Crippen molar-refractivity contribution in [2.45, 2.75) is 12.1 Å². The quantitative estimate of drug-likeness (QED) is 0.813. The molecule has 11 heteroatoms. The Morgan fingerprint density at radius 3 is 1.95 bits per heavy atom. The molecule has 0 atom stereocenters. The van der Waals surface area contributed by atoms with E-state index in [9.17, 15) is 31.5 Å². The van der Waals surface area contributed by atoms with Crippen LogP contribution in [0.3, 0.4) is 0 Å². The molecule has 0 saturated carbocycles. The Morgan fingerprint density at radius 2 is 1.52 bits per heavy atom. The first-order valence-corrected chi connectivity index (χ1v) is 5.62. The summed E-state index contributed by atoms with van der Waals surface area (Å²) in [7, 11) is 0. The third kappa shape index (κ3) is 3.35. The number of hydrogen-bond acceptors (Lipinski definition) is 2. The third-order valence-electron chi connectivity index (χ3n) is 2.20. The minimum absolute atomic E-state index is 0.502. The van der Waals surface area contributed by atoms with E-state index in [0.29, 0.717) is 0 Å². The largest absolute Gasteiger partial charge is 0.478 e. The standard InChI is InChI=1S/C10H4Cl2F5NO3/c11-3-1-2-4(12)6(5(3)7(19)20)18-8(21)9(13,14)10(15,16)17/h1-2H,(H,18,21)(H,19,20). The van der Waals surface area contributed by atoms with E-state index >= 15 is 0 Å². The first-order chi connectivity index (χ1) is 9.39. The molecule has 2 N–H and O–H groups in total. The predicted molar refractivity (Wildman–Crippen MR) is 63.1 cm³/mol. The summed E-state index contributed by atoms with van der Waals surface area (Å²) in [5, 5.41) is 8.92. The van der Waals surface area contributed by atoms with Crippen LogP contribution in [0.15, 0.2) is 12.1 Å². The maximum atomic E-state index is 12.8. The molecular weight excluding hydrogens is 348 g/mol. The minimum atomic E-state index is -6.15. The van der Waals surface area contributed by atoms with Gasteiger partial charge in [-0.2, -0.15) is 22.0 Å². The lowest BCUT2D eigenvalue weighted by Gasteiger charge is -2.20. The summed E-state index contributed by atoms with van der Waals surface area (Å²) in [6, 6.07) is 1.91. The van der Waals surface area contributed by atoms with Gasteiger partial charge in [-0.1, -0.05) is 23.2 Å². The fourth-order valence-electron chi connectivity index (χ4n) is 1.20. The summed E-state index contributed by atoms with van der Waals surface area (Å²) >= 11 is 11.0. The minimum Gasteiger partial charge on any atom is -0.478 e. The molecule has 0 aliphatic carbocycles. The fourth-order valence-corrected chi connectivity index (χ4v) is 1.65. The molecular formula is C10H4Cl2F5NO3. The lowest BCUT2D eigenvalue weighted by atomic mass is 10.1. The number of rotatable bonds is 3. The van der Waals surface area contributed by atoms with Gasteiger partial charge in [0.05, 0.1) is 15.7 Å². The molecule has 1 aromatic carbocycles. The lowest BCUT2D eigenvalue weighted by Crippen LogP contribution is -2.47. The Morgan fingerprint density at radius 1 is 1.05 bits per heavy atom. The van der Waals surface area contributed by atoms with Crippen molar-refractivity contribution in [3.8, 4) is 0 Å². The zero-order valence-corrected chi connectivity index (χ0v) is 11.1. The Balaban J connectivity index is 3.30. The van der Waals surface area contributed by atoms with Crippen LogP contribution in [0.2, 0.25) is 10.0 Å². The van der Waals surface area contributed by atoms with Gasteiger partial charge in [-0.15, -0.1) is 0 Å². The maximum Gasteiger partial charge on any atom is 0.463 e. The van der Waals surface area contributed by atoms with Crippen LogP contribution in [0, 0.1) is 0 Å². The second kappa shape index (κ2) is 5.64. The monoisotopic (exact) mass is 351 g/mol. The van der Waals surface area contributed by atoms with E-state index in [4.69, 9.17) is 28.3 Å². The van der Waals surface area contributed by atoms with Crippen LogP contribution >= 0.6 is 23.2 Å². The summed E-state index contributed by atoms with van der Waals surface area (Å²) in [5.74, 6) is -10.3. The number of anilines is 1. The van der Waals surface area contributed by atoms with Crippen LogP contribution in [0.1, 0.15) is 10.4 Å². The SMILES string of the molecule is O=C(O)c1c(Cl)ccc(Cl)c1NC(=O)C(F)(F)C(F)(F)F. The molecule has 21 heavy (non-hydrogen) atoms. The van der Waals surface area contributed by atoms with Crippen LogP contribution in [0.5, 0.6) is 0 Å². The summed E-state index contributed by atoms with van der Waals surface area (Å²) in [6.45, 7) is 0. The van der Waals surface area contributed by atoms with Gasteiger partial charge in [0.15, 0.2) is 0 Å². The summed E-state index contributed by atoms with van der Waals surface area (Å²) in [5.41, 5.74) is -1.86. The van der Waals surface area contributed by atoms with Crippen molar-refractivity contribution >= 4 is 40.8 Å². The molecule has 1 rings (SSSR count). The highest BCUT2D eigenvalue weighted by molar-refractivity contribution is 6.38. The average molecular weight is 352 g/mol. The van der Waals surface area contributed by atoms with E-state index in [-0.39, 0.29) is 0 Å². The number of nitrogens with one attached hydrogen (secondary N) is 1. The topological polar surface area (TPSA) is 66.4 Å². The van der Waals surface area contributed by atoms with Crippen LogP contribution in [-0.4, -0.2) is 29.1 Å². The highest BCUT2D eigenvalue weighted by atomic mass is 35.5. The first-order valence-electron chi connectivity index (χ1n) is 4.87. The van der Waals surface area contributed by atoms with Gasteiger partial charge in [0.25, 0.3) is 0 Å². The van der Waals surface area contributed by atoms with Gasteiger partial charge in [-0.25, -0.2) is 4.79 Å². The van der Waals surface area contributed by atoms with E-state index in [1.807, 2.05) is 0 Å². The van der Waals surface area contributed by atoms with E-state index in [1.165, 1.54) is 0 Å². The lowest BCUT2D eigenvalue weighted by molar-refractivity contribution is -0.267.